The first kappa shape index (κ1) is 22.8. The molecule has 31 heavy (non-hydrogen) atoms. The number of carbonyl (C=O) groups excluding carboxylic acids is 1. The topological polar surface area (TPSA) is 72.3 Å². The Kier molecular flexibility index (Phi) is 7.70. The van der Waals surface area contributed by atoms with Gasteiger partial charge in [-0.05, 0) is 68.9 Å². The van der Waals surface area contributed by atoms with Gasteiger partial charge in [-0.1, -0.05) is 30.0 Å². The summed E-state index contributed by atoms with van der Waals surface area (Å²) in [5.41, 5.74) is 4.51. The zero-order valence-corrected chi connectivity index (χ0v) is 19.4. The molecular formula is C23H29N5O2S. The number of nitrogens with zero attached hydrogens (tertiary/aromatic N) is 4. The molecule has 3 aromatic rings. The normalized spacial score (nSPS) is 12.1. The summed E-state index contributed by atoms with van der Waals surface area (Å²) in [6.07, 6.45) is 1.68. The van der Waals surface area contributed by atoms with Crippen molar-refractivity contribution in [3.05, 3.63) is 65.5 Å². The van der Waals surface area contributed by atoms with Crippen molar-refractivity contribution in [2.24, 2.45) is 0 Å². The van der Waals surface area contributed by atoms with Crippen LogP contribution in [0.2, 0.25) is 0 Å². The van der Waals surface area contributed by atoms with Crippen LogP contribution in [0.5, 0.6) is 5.75 Å². The lowest BCUT2D eigenvalue weighted by Gasteiger charge is -2.25. The van der Waals surface area contributed by atoms with E-state index in [2.05, 4.69) is 46.4 Å². The van der Waals surface area contributed by atoms with Gasteiger partial charge in [0, 0.05) is 12.2 Å². The molecule has 0 bridgehead atoms. The van der Waals surface area contributed by atoms with Gasteiger partial charge in [-0.2, -0.15) is 0 Å². The SMILES string of the molecule is COc1cccc(C(CNC(=O)CSc2nncn2-c2ccc(C)c(C)c2)N(C)C)c1. The summed E-state index contributed by atoms with van der Waals surface area (Å²) >= 11 is 1.37. The van der Waals surface area contributed by atoms with Gasteiger partial charge in [0.25, 0.3) is 0 Å². The van der Waals surface area contributed by atoms with E-state index in [1.54, 1.807) is 13.4 Å². The largest absolute Gasteiger partial charge is 0.497 e. The van der Waals surface area contributed by atoms with E-state index in [1.807, 2.05) is 49.0 Å². The van der Waals surface area contributed by atoms with Crippen molar-refractivity contribution in [1.82, 2.24) is 25.0 Å². The Morgan fingerprint density at radius 1 is 1.19 bits per heavy atom. The number of thioether (sulfide) groups is 1. The number of carbonyl (C=O) groups is 1. The number of benzene rings is 2. The van der Waals surface area contributed by atoms with Crippen molar-refractivity contribution in [1.29, 1.82) is 0 Å². The zero-order chi connectivity index (χ0) is 22.4. The summed E-state index contributed by atoms with van der Waals surface area (Å²) in [6.45, 7) is 4.66. The molecule has 1 N–H and O–H groups in total. The lowest BCUT2D eigenvalue weighted by Crippen LogP contribution is -2.35. The first-order valence-corrected chi connectivity index (χ1v) is 11.0. The number of likely N-dealkylation sites (N-methyl/N-ethyl adjacent to an activating group) is 1. The molecular weight excluding hydrogens is 410 g/mol. The minimum Gasteiger partial charge on any atom is -0.497 e. The van der Waals surface area contributed by atoms with Crippen LogP contribution in [0.3, 0.4) is 0 Å². The number of rotatable bonds is 9. The van der Waals surface area contributed by atoms with Crippen LogP contribution >= 0.6 is 11.8 Å². The third kappa shape index (κ3) is 5.86. The molecule has 8 heteroatoms. The maximum Gasteiger partial charge on any atom is 0.230 e. The van der Waals surface area contributed by atoms with E-state index in [1.165, 1.54) is 22.9 Å². The molecule has 0 spiro atoms. The summed E-state index contributed by atoms with van der Waals surface area (Å²) in [7, 11) is 5.65. The van der Waals surface area contributed by atoms with Gasteiger partial charge in [0.1, 0.15) is 12.1 Å². The average molecular weight is 440 g/mol. The van der Waals surface area contributed by atoms with E-state index in [4.69, 9.17) is 4.74 Å². The predicted molar refractivity (Wildman–Crippen MR) is 124 cm³/mol. The fourth-order valence-electron chi connectivity index (χ4n) is 3.21. The second-order valence-corrected chi connectivity index (χ2v) is 8.54. The molecule has 1 aromatic heterocycles. The van der Waals surface area contributed by atoms with Gasteiger partial charge < -0.3 is 15.0 Å². The van der Waals surface area contributed by atoms with E-state index in [-0.39, 0.29) is 17.7 Å². The van der Waals surface area contributed by atoms with Crippen LogP contribution in [0.4, 0.5) is 0 Å². The number of methoxy groups -OCH3 is 1. The Labute approximate surface area is 187 Å². The summed E-state index contributed by atoms with van der Waals surface area (Å²) in [5, 5.41) is 11.9. The number of hydrogen-bond donors (Lipinski definition) is 1. The Morgan fingerprint density at radius 3 is 2.71 bits per heavy atom. The number of hydrogen-bond acceptors (Lipinski definition) is 6. The highest BCUT2D eigenvalue weighted by molar-refractivity contribution is 7.99. The van der Waals surface area contributed by atoms with Crippen molar-refractivity contribution in [3.63, 3.8) is 0 Å². The molecule has 0 aliphatic rings. The molecule has 164 valence electrons. The van der Waals surface area contributed by atoms with E-state index in [0.717, 1.165) is 17.0 Å². The molecule has 0 radical (unpaired) electrons. The first-order chi connectivity index (χ1) is 14.9. The molecule has 2 aromatic carbocycles. The summed E-state index contributed by atoms with van der Waals surface area (Å²) in [6, 6.07) is 14.2. The van der Waals surface area contributed by atoms with Crippen molar-refractivity contribution < 1.29 is 9.53 Å². The van der Waals surface area contributed by atoms with Gasteiger partial charge >= 0.3 is 0 Å². The molecule has 3 rings (SSSR count). The number of amides is 1. The Hall–Kier alpha value is -2.84. The predicted octanol–water partition coefficient (Wildman–Crippen LogP) is 3.40. The van der Waals surface area contributed by atoms with Gasteiger partial charge in [0.15, 0.2) is 5.16 Å². The van der Waals surface area contributed by atoms with E-state index >= 15 is 0 Å². The third-order valence-electron chi connectivity index (χ3n) is 5.21. The molecule has 1 atom stereocenters. The summed E-state index contributed by atoms with van der Waals surface area (Å²) < 4.78 is 7.23. The Balaban J connectivity index is 1.60. The lowest BCUT2D eigenvalue weighted by molar-refractivity contribution is -0.118. The molecule has 7 nitrogen and oxygen atoms in total. The van der Waals surface area contributed by atoms with Crippen molar-refractivity contribution >= 4 is 17.7 Å². The van der Waals surface area contributed by atoms with E-state index in [0.29, 0.717) is 11.7 Å². The number of nitrogens with one attached hydrogen (secondary N) is 1. The van der Waals surface area contributed by atoms with Gasteiger partial charge in [-0.25, -0.2) is 0 Å². The van der Waals surface area contributed by atoms with Crippen LogP contribution in [0.15, 0.2) is 53.9 Å². The standard InChI is InChI=1S/C23H29N5O2S/c1-16-9-10-19(11-17(16)2)28-15-25-26-23(28)31-14-22(29)24-13-21(27(3)4)18-7-6-8-20(12-18)30-5/h6-12,15,21H,13-14H2,1-5H3,(H,24,29). The smallest absolute Gasteiger partial charge is 0.230 e. The molecule has 0 saturated heterocycles. The minimum absolute atomic E-state index is 0.0447. The van der Waals surface area contributed by atoms with Gasteiger partial charge in [-0.3, -0.25) is 9.36 Å². The van der Waals surface area contributed by atoms with Crippen molar-refractivity contribution in [2.75, 3.05) is 33.5 Å². The molecule has 0 saturated carbocycles. The molecule has 1 heterocycles. The van der Waals surface area contributed by atoms with Gasteiger partial charge in [0.05, 0.1) is 18.9 Å². The van der Waals surface area contributed by atoms with Gasteiger partial charge in [0.2, 0.25) is 5.91 Å². The zero-order valence-electron chi connectivity index (χ0n) is 18.6. The Morgan fingerprint density at radius 2 is 2.00 bits per heavy atom. The van der Waals surface area contributed by atoms with Crippen LogP contribution < -0.4 is 10.1 Å². The molecule has 1 unspecified atom stereocenters. The second kappa shape index (κ2) is 10.5. The maximum atomic E-state index is 12.5. The molecule has 1 amide bonds. The van der Waals surface area contributed by atoms with Crippen LogP contribution in [0, 0.1) is 13.8 Å². The summed E-state index contributed by atoms with van der Waals surface area (Å²) in [5.74, 6) is 1.02. The lowest BCUT2D eigenvalue weighted by atomic mass is 10.1. The van der Waals surface area contributed by atoms with Crippen LogP contribution in [-0.2, 0) is 4.79 Å². The fraction of sp³-hybridized carbons (Fsp3) is 0.348. The highest BCUT2D eigenvalue weighted by atomic mass is 32.2. The highest BCUT2D eigenvalue weighted by Crippen LogP contribution is 2.23. The minimum atomic E-state index is -0.0469. The van der Waals surface area contributed by atoms with Crippen molar-refractivity contribution in [2.45, 2.75) is 25.0 Å². The second-order valence-electron chi connectivity index (χ2n) is 7.60. The number of aromatic nitrogens is 3. The first-order valence-electron chi connectivity index (χ1n) is 10.1. The monoisotopic (exact) mass is 439 g/mol. The van der Waals surface area contributed by atoms with Crippen LogP contribution in [0.25, 0.3) is 5.69 Å². The van der Waals surface area contributed by atoms with Crippen molar-refractivity contribution in [3.8, 4) is 11.4 Å². The summed E-state index contributed by atoms with van der Waals surface area (Å²) in [4.78, 5) is 14.6. The number of ether oxygens (including phenoxy) is 1. The quantitative estimate of drug-likeness (QED) is 0.515. The van der Waals surface area contributed by atoms with Crippen LogP contribution in [-0.4, -0.2) is 59.1 Å². The molecule has 0 aliphatic heterocycles. The van der Waals surface area contributed by atoms with E-state index < -0.39 is 0 Å². The average Bonchev–Trinajstić information content (AvgIpc) is 3.23. The number of aryl methyl sites for hydroxylation is 2. The third-order valence-corrected chi connectivity index (χ3v) is 6.16. The fourth-order valence-corrected chi connectivity index (χ4v) is 3.97. The van der Waals surface area contributed by atoms with E-state index in [9.17, 15) is 4.79 Å². The molecule has 0 aliphatic carbocycles. The maximum absolute atomic E-state index is 12.5. The molecule has 0 fully saturated rings. The van der Waals surface area contributed by atoms with Crippen LogP contribution in [0.1, 0.15) is 22.7 Å². The van der Waals surface area contributed by atoms with Gasteiger partial charge in [-0.15, -0.1) is 10.2 Å². The highest BCUT2D eigenvalue weighted by Gasteiger charge is 2.17. The Bertz CT molecular complexity index is 1030.